The molecule has 0 spiro atoms. The van der Waals surface area contributed by atoms with Crippen LogP contribution in [0.5, 0.6) is 0 Å². The smallest absolute Gasteiger partial charge is 0.315 e. The molecule has 0 aromatic heterocycles. The van der Waals surface area contributed by atoms with Gasteiger partial charge in [0.05, 0.1) is 18.1 Å². The van der Waals surface area contributed by atoms with Crippen molar-refractivity contribution in [3.05, 3.63) is 0 Å². The largest absolute Gasteiger partial charge is 0.332 e. The highest BCUT2D eigenvalue weighted by atomic mass is 32.2. The molecule has 6 N–H and O–H groups in total. The number of carbonyl (C=O) groups excluding carboxylic acids is 2. The third kappa shape index (κ3) is 5.65. The van der Waals surface area contributed by atoms with E-state index < -0.39 is 0 Å². The fraction of sp³-hybridized carbons (Fsp3) is 0.875. The zero-order chi connectivity index (χ0) is 16.7. The highest BCUT2D eigenvalue weighted by molar-refractivity contribution is 8.00. The van der Waals surface area contributed by atoms with Gasteiger partial charge in [0.2, 0.25) is 0 Å². The molecule has 0 radical (unpaired) electrons. The van der Waals surface area contributed by atoms with Crippen LogP contribution in [0.3, 0.4) is 0 Å². The first-order valence-corrected chi connectivity index (χ1v) is 9.83. The van der Waals surface area contributed by atoms with Gasteiger partial charge in [-0.15, -0.1) is 0 Å². The van der Waals surface area contributed by atoms with Gasteiger partial charge in [0.15, 0.2) is 0 Å². The normalized spacial score (nSPS) is 27.4. The summed E-state index contributed by atoms with van der Waals surface area (Å²) in [4.78, 5) is 23.3. The van der Waals surface area contributed by atoms with Gasteiger partial charge in [-0.3, -0.25) is 4.79 Å². The summed E-state index contributed by atoms with van der Waals surface area (Å²) in [5.41, 5.74) is 11.4. The molecule has 0 aliphatic carbocycles. The van der Waals surface area contributed by atoms with Crippen LogP contribution in [0.15, 0.2) is 0 Å². The molecule has 132 valence electrons. The molecule has 2 rings (SSSR count). The second kappa shape index (κ2) is 9.49. The molecule has 2 fully saturated rings. The third-order valence-electron chi connectivity index (χ3n) is 4.73. The number of rotatable bonds is 11. The number of fused-ring (bicyclic) bond motifs is 1. The minimum Gasteiger partial charge on any atom is -0.332 e. The standard InChI is InChI=1S/C16H30N4O2S/c17-9-5-1-2-6-11(18)13(21)7-3-4-8-14-15-12(10-23-14)19-16(22)20-15/h11-12,14-15H,1-10,17-18H2,(H2,19,20,22)/t11?,12-,14-,15-/m0/s1. The van der Waals surface area contributed by atoms with Gasteiger partial charge in [0.25, 0.3) is 0 Å². The van der Waals surface area contributed by atoms with Gasteiger partial charge in [-0.05, 0) is 32.2 Å². The number of carbonyl (C=O) groups is 2. The minimum absolute atomic E-state index is 0.0407. The Morgan fingerprint density at radius 3 is 2.83 bits per heavy atom. The summed E-state index contributed by atoms with van der Waals surface area (Å²) in [6.45, 7) is 0.709. The topological polar surface area (TPSA) is 110 Å². The Bertz CT molecular complexity index is 408. The first-order chi connectivity index (χ1) is 11.1. The predicted molar refractivity (Wildman–Crippen MR) is 94.5 cm³/mol. The Hall–Kier alpha value is -0.790. The summed E-state index contributed by atoms with van der Waals surface area (Å²) < 4.78 is 0. The Balaban J connectivity index is 1.54. The van der Waals surface area contributed by atoms with Gasteiger partial charge in [-0.25, -0.2) is 4.79 Å². The van der Waals surface area contributed by atoms with Crippen molar-refractivity contribution in [2.75, 3.05) is 12.3 Å². The molecule has 0 aromatic carbocycles. The molecule has 1 unspecified atom stereocenters. The summed E-state index contributed by atoms with van der Waals surface area (Å²) in [5, 5.41) is 6.42. The lowest BCUT2D eigenvalue weighted by atomic mass is 9.99. The lowest BCUT2D eigenvalue weighted by molar-refractivity contribution is -0.120. The van der Waals surface area contributed by atoms with Gasteiger partial charge in [-0.1, -0.05) is 19.3 Å². The number of urea groups is 1. The quantitative estimate of drug-likeness (QED) is 0.332. The number of amides is 2. The van der Waals surface area contributed by atoms with Crippen LogP contribution in [0.4, 0.5) is 4.79 Å². The van der Waals surface area contributed by atoms with Crippen molar-refractivity contribution in [2.24, 2.45) is 11.5 Å². The molecule has 6 nitrogen and oxygen atoms in total. The van der Waals surface area contributed by atoms with Crippen LogP contribution in [0.1, 0.15) is 51.4 Å². The molecule has 2 aliphatic heterocycles. The lowest BCUT2D eigenvalue weighted by Crippen LogP contribution is -2.36. The number of hydrogen-bond acceptors (Lipinski definition) is 5. The highest BCUT2D eigenvalue weighted by Crippen LogP contribution is 2.33. The van der Waals surface area contributed by atoms with Crippen LogP contribution in [0.25, 0.3) is 0 Å². The molecule has 2 heterocycles. The molecule has 7 heteroatoms. The SMILES string of the molecule is NCCCCCC(N)C(=O)CCCC[C@@H]1SC[C@@H]2NC(=O)N[C@@H]21. The molecule has 2 saturated heterocycles. The molecule has 0 saturated carbocycles. The van der Waals surface area contributed by atoms with Crippen LogP contribution in [0.2, 0.25) is 0 Å². The Morgan fingerprint density at radius 2 is 2.04 bits per heavy atom. The zero-order valence-corrected chi connectivity index (χ0v) is 14.6. The van der Waals surface area contributed by atoms with E-state index in [9.17, 15) is 9.59 Å². The molecule has 2 amide bonds. The average Bonchev–Trinajstić information content (AvgIpc) is 3.07. The Morgan fingerprint density at radius 1 is 1.22 bits per heavy atom. The second-order valence-electron chi connectivity index (χ2n) is 6.58. The number of nitrogens with two attached hydrogens (primary N) is 2. The van der Waals surface area contributed by atoms with Crippen molar-refractivity contribution < 1.29 is 9.59 Å². The average molecular weight is 343 g/mol. The van der Waals surface area contributed by atoms with Crippen LogP contribution >= 0.6 is 11.8 Å². The van der Waals surface area contributed by atoms with Crippen LogP contribution < -0.4 is 22.1 Å². The lowest BCUT2D eigenvalue weighted by Gasteiger charge is -2.16. The molecular formula is C16H30N4O2S. The van der Waals surface area contributed by atoms with E-state index in [1.165, 1.54) is 0 Å². The summed E-state index contributed by atoms with van der Waals surface area (Å²) in [6.07, 6.45) is 7.36. The Labute approximate surface area is 142 Å². The second-order valence-corrected chi connectivity index (χ2v) is 7.85. The highest BCUT2D eigenvalue weighted by Gasteiger charge is 2.42. The monoisotopic (exact) mass is 342 g/mol. The summed E-state index contributed by atoms with van der Waals surface area (Å²) >= 11 is 1.92. The third-order valence-corrected chi connectivity index (χ3v) is 6.24. The van der Waals surface area contributed by atoms with Gasteiger partial charge in [0, 0.05) is 17.4 Å². The first kappa shape index (κ1) is 18.5. The van der Waals surface area contributed by atoms with Crippen molar-refractivity contribution in [3.63, 3.8) is 0 Å². The van der Waals surface area contributed by atoms with Crippen molar-refractivity contribution >= 4 is 23.6 Å². The van der Waals surface area contributed by atoms with Crippen molar-refractivity contribution in [1.82, 2.24) is 10.6 Å². The van der Waals surface area contributed by atoms with E-state index in [4.69, 9.17) is 11.5 Å². The number of thioether (sulfide) groups is 1. The number of Topliss-reactive ketones (excluding diaryl/α,β-unsaturated/α-hetero) is 1. The number of nitrogens with one attached hydrogen (secondary N) is 2. The molecule has 23 heavy (non-hydrogen) atoms. The van der Waals surface area contributed by atoms with Crippen LogP contribution in [-0.4, -0.2) is 47.5 Å². The number of hydrogen-bond donors (Lipinski definition) is 4. The minimum atomic E-state index is -0.309. The van der Waals surface area contributed by atoms with Crippen molar-refractivity contribution in [3.8, 4) is 0 Å². The molecule has 0 aromatic rings. The van der Waals surface area contributed by atoms with Gasteiger partial charge < -0.3 is 22.1 Å². The summed E-state index contributed by atoms with van der Waals surface area (Å²) in [6, 6.07) is 0.187. The van der Waals surface area contributed by atoms with Crippen molar-refractivity contribution in [2.45, 2.75) is 74.7 Å². The maximum absolute atomic E-state index is 12.0. The molecule has 2 aliphatic rings. The number of ketones is 1. The van der Waals surface area contributed by atoms with Gasteiger partial charge >= 0.3 is 6.03 Å². The van der Waals surface area contributed by atoms with E-state index in [0.29, 0.717) is 18.2 Å². The molecular weight excluding hydrogens is 312 g/mol. The first-order valence-electron chi connectivity index (χ1n) is 8.79. The predicted octanol–water partition coefficient (Wildman–Crippen LogP) is 1.13. The van der Waals surface area contributed by atoms with E-state index >= 15 is 0 Å². The number of unbranched alkanes of at least 4 members (excludes halogenated alkanes) is 3. The fourth-order valence-corrected chi connectivity index (χ4v) is 4.86. The van der Waals surface area contributed by atoms with Crippen LogP contribution in [0, 0.1) is 0 Å². The van der Waals surface area contributed by atoms with E-state index in [-0.39, 0.29) is 29.9 Å². The molecule has 4 atom stereocenters. The fourth-order valence-electron chi connectivity index (χ4n) is 3.32. The zero-order valence-electron chi connectivity index (χ0n) is 13.8. The maximum Gasteiger partial charge on any atom is 0.315 e. The maximum atomic E-state index is 12.0. The van der Waals surface area contributed by atoms with E-state index in [2.05, 4.69) is 10.6 Å². The van der Waals surface area contributed by atoms with Gasteiger partial charge in [-0.2, -0.15) is 11.8 Å². The van der Waals surface area contributed by atoms with E-state index in [0.717, 1.165) is 50.7 Å². The van der Waals surface area contributed by atoms with Crippen molar-refractivity contribution in [1.29, 1.82) is 0 Å². The Kier molecular flexibility index (Phi) is 7.65. The van der Waals surface area contributed by atoms with Gasteiger partial charge in [0.1, 0.15) is 5.78 Å². The van der Waals surface area contributed by atoms with E-state index in [1.807, 2.05) is 11.8 Å². The van der Waals surface area contributed by atoms with E-state index in [1.54, 1.807) is 0 Å². The summed E-state index contributed by atoms with van der Waals surface area (Å²) in [7, 11) is 0. The van der Waals surface area contributed by atoms with Crippen LogP contribution in [-0.2, 0) is 4.79 Å². The summed E-state index contributed by atoms with van der Waals surface area (Å²) in [5.74, 6) is 1.17. The molecule has 0 bridgehead atoms.